The summed E-state index contributed by atoms with van der Waals surface area (Å²) in [4.78, 5) is 0. The van der Waals surface area contributed by atoms with Gasteiger partial charge in [-0.2, -0.15) is 0 Å². The van der Waals surface area contributed by atoms with E-state index < -0.39 is 0 Å². The lowest BCUT2D eigenvalue weighted by Crippen LogP contribution is -2.11. The van der Waals surface area contributed by atoms with Crippen LogP contribution in [0.3, 0.4) is 0 Å². The van der Waals surface area contributed by atoms with Crippen molar-refractivity contribution >= 4 is 0 Å². The van der Waals surface area contributed by atoms with Crippen molar-refractivity contribution in [1.82, 2.24) is 0 Å². The summed E-state index contributed by atoms with van der Waals surface area (Å²) in [5.74, 6) is 2.23. The van der Waals surface area contributed by atoms with Crippen LogP contribution in [0.5, 0.6) is 0 Å². The number of allylic oxidation sites excluding steroid dienone is 2. The third kappa shape index (κ3) is 10.1. The van der Waals surface area contributed by atoms with Gasteiger partial charge in [0.1, 0.15) is 0 Å². The van der Waals surface area contributed by atoms with E-state index in [4.69, 9.17) is 23.7 Å². The van der Waals surface area contributed by atoms with Crippen LogP contribution >= 0.6 is 0 Å². The highest BCUT2D eigenvalue weighted by atomic mass is 16.8. The molecule has 0 atom stereocenters. The maximum absolute atomic E-state index is 6.02. The van der Waals surface area contributed by atoms with Crippen LogP contribution in [0.4, 0.5) is 0 Å². The molecule has 0 saturated heterocycles. The van der Waals surface area contributed by atoms with E-state index in [0.717, 1.165) is 50.0 Å². The zero-order valence-corrected chi connectivity index (χ0v) is 17.1. The van der Waals surface area contributed by atoms with E-state index in [0.29, 0.717) is 38.3 Å². The van der Waals surface area contributed by atoms with Gasteiger partial charge >= 0.3 is 11.9 Å². The summed E-state index contributed by atoms with van der Waals surface area (Å²) in [5.41, 5.74) is 0. The minimum absolute atomic E-state index is 0.384. The van der Waals surface area contributed by atoms with Gasteiger partial charge in [-0.1, -0.05) is 26.7 Å². The van der Waals surface area contributed by atoms with E-state index >= 15 is 0 Å². The maximum atomic E-state index is 6.02. The zero-order chi connectivity index (χ0) is 18.9. The van der Waals surface area contributed by atoms with Crippen molar-refractivity contribution in [2.45, 2.75) is 80.1 Å². The monoisotopic (exact) mass is 358 g/mol. The first kappa shape index (κ1) is 23.5. The third-order valence-corrected chi connectivity index (χ3v) is 3.34. The fourth-order valence-corrected chi connectivity index (χ4v) is 2.17. The molecule has 0 aliphatic carbocycles. The summed E-state index contributed by atoms with van der Waals surface area (Å²) >= 11 is 0. The van der Waals surface area contributed by atoms with E-state index in [1.165, 1.54) is 0 Å². The summed E-state index contributed by atoms with van der Waals surface area (Å²) in [6, 6.07) is 0. The third-order valence-electron chi connectivity index (χ3n) is 3.34. The SMILES string of the molecule is CCCCC(OCC)=C(OCC)OC(OCC)=C(CCCC)OCC. The topological polar surface area (TPSA) is 46.2 Å². The molecular formula is C20H38O5. The predicted molar refractivity (Wildman–Crippen MR) is 101 cm³/mol. The van der Waals surface area contributed by atoms with Crippen LogP contribution in [0.1, 0.15) is 80.1 Å². The Hall–Kier alpha value is -1.52. The largest absolute Gasteiger partial charge is 0.491 e. The van der Waals surface area contributed by atoms with Gasteiger partial charge in [-0.05, 0) is 40.5 Å². The second-order valence-corrected chi connectivity index (χ2v) is 5.46. The second-order valence-electron chi connectivity index (χ2n) is 5.46. The van der Waals surface area contributed by atoms with Crippen LogP contribution in [-0.2, 0) is 23.7 Å². The minimum Gasteiger partial charge on any atom is -0.491 e. The summed E-state index contributed by atoms with van der Waals surface area (Å²) < 4.78 is 29.0. The molecule has 0 bridgehead atoms. The van der Waals surface area contributed by atoms with Gasteiger partial charge in [-0.25, -0.2) is 0 Å². The normalized spacial score (nSPS) is 12.9. The molecule has 0 fully saturated rings. The lowest BCUT2D eigenvalue weighted by atomic mass is 10.2. The first-order valence-electron chi connectivity index (χ1n) is 9.83. The highest BCUT2D eigenvalue weighted by Gasteiger charge is 2.19. The molecule has 0 radical (unpaired) electrons. The average molecular weight is 359 g/mol. The lowest BCUT2D eigenvalue weighted by Gasteiger charge is -2.20. The number of hydrogen-bond donors (Lipinski definition) is 0. The highest BCUT2D eigenvalue weighted by molar-refractivity contribution is 5.03. The standard InChI is InChI=1S/C20H38O5/c1-7-13-15-17(21-9-3)19(23-11-5)25-20(24-12-6)18(22-10-4)16-14-8-2/h7-16H2,1-6H3. The maximum Gasteiger partial charge on any atom is 0.326 e. The smallest absolute Gasteiger partial charge is 0.326 e. The van der Waals surface area contributed by atoms with Gasteiger partial charge in [0.25, 0.3) is 0 Å². The number of hydrogen-bond acceptors (Lipinski definition) is 5. The molecule has 25 heavy (non-hydrogen) atoms. The van der Waals surface area contributed by atoms with Crippen LogP contribution in [0.2, 0.25) is 0 Å². The van der Waals surface area contributed by atoms with E-state index in [2.05, 4.69) is 13.8 Å². The number of rotatable bonds is 16. The molecule has 0 spiro atoms. The Balaban J connectivity index is 5.63. The summed E-state index contributed by atoms with van der Waals surface area (Å²) in [7, 11) is 0. The Labute approximate surface area is 154 Å². The van der Waals surface area contributed by atoms with E-state index in [1.807, 2.05) is 27.7 Å². The first-order chi connectivity index (χ1) is 12.2. The predicted octanol–water partition coefficient (Wildman–Crippen LogP) is 5.87. The quantitative estimate of drug-likeness (QED) is 0.323. The molecule has 0 aliphatic heterocycles. The van der Waals surface area contributed by atoms with Gasteiger partial charge in [-0.3, -0.25) is 0 Å². The molecule has 5 nitrogen and oxygen atoms in total. The van der Waals surface area contributed by atoms with E-state index in [-0.39, 0.29) is 0 Å². The lowest BCUT2D eigenvalue weighted by molar-refractivity contribution is -0.0283. The van der Waals surface area contributed by atoms with Crippen molar-refractivity contribution in [1.29, 1.82) is 0 Å². The molecule has 0 aromatic carbocycles. The Morgan fingerprint density at radius 2 is 0.880 bits per heavy atom. The van der Waals surface area contributed by atoms with Crippen LogP contribution in [0.15, 0.2) is 23.4 Å². The molecule has 0 unspecified atom stereocenters. The second kappa shape index (κ2) is 16.0. The summed E-state index contributed by atoms with van der Waals surface area (Å²) in [6.07, 6.45) is 5.72. The summed E-state index contributed by atoms with van der Waals surface area (Å²) in [6.45, 7) is 14.2. The highest BCUT2D eigenvalue weighted by Crippen LogP contribution is 2.24. The molecule has 0 N–H and O–H groups in total. The van der Waals surface area contributed by atoms with Gasteiger partial charge in [0.2, 0.25) is 0 Å². The Kier molecular flexibility index (Phi) is 15.0. The molecule has 0 heterocycles. The van der Waals surface area contributed by atoms with Crippen molar-refractivity contribution in [2.24, 2.45) is 0 Å². The molecule has 0 saturated carbocycles. The van der Waals surface area contributed by atoms with Crippen LogP contribution in [-0.4, -0.2) is 26.4 Å². The molecular weight excluding hydrogens is 320 g/mol. The van der Waals surface area contributed by atoms with Crippen LogP contribution in [0, 0.1) is 0 Å². The van der Waals surface area contributed by atoms with Gasteiger partial charge in [-0.15, -0.1) is 0 Å². The average Bonchev–Trinajstić information content (AvgIpc) is 2.61. The Bertz CT molecular complexity index is 352. The van der Waals surface area contributed by atoms with Gasteiger partial charge in [0, 0.05) is 12.8 Å². The zero-order valence-electron chi connectivity index (χ0n) is 17.1. The molecule has 0 aliphatic rings. The van der Waals surface area contributed by atoms with Crippen molar-refractivity contribution in [3.05, 3.63) is 23.4 Å². The first-order valence-corrected chi connectivity index (χ1v) is 9.83. The van der Waals surface area contributed by atoms with Crippen LogP contribution < -0.4 is 0 Å². The van der Waals surface area contributed by atoms with Gasteiger partial charge in [0.05, 0.1) is 26.4 Å². The molecule has 5 heteroatoms. The molecule has 0 aromatic rings. The molecule has 0 rings (SSSR count). The summed E-state index contributed by atoms with van der Waals surface area (Å²) in [5, 5.41) is 0. The molecule has 0 aromatic heterocycles. The van der Waals surface area contributed by atoms with Crippen LogP contribution in [0.25, 0.3) is 0 Å². The Morgan fingerprint density at radius 3 is 1.16 bits per heavy atom. The fourth-order valence-electron chi connectivity index (χ4n) is 2.17. The fraction of sp³-hybridized carbons (Fsp3) is 0.800. The minimum atomic E-state index is 0.384. The Morgan fingerprint density at radius 1 is 0.520 bits per heavy atom. The number of ether oxygens (including phenoxy) is 5. The van der Waals surface area contributed by atoms with Gasteiger partial charge in [0.15, 0.2) is 11.5 Å². The number of unbranched alkanes of at least 4 members (excludes halogenated alkanes) is 2. The van der Waals surface area contributed by atoms with Crippen molar-refractivity contribution in [3.63, 3.8) is 0 Å². The van der Waals surface area contributed by atoms with Gasteiger partial charge < -0.3 is 23.7 Å². The van der Waals surface area contributed by atoms with Crippen molar-refractivity contribution in [2.75, 3.05) is 26.4 Å². The van der Waals surface area contributed by atoms with Crippen molar-refractivity contribution < 1.29 is 23.7 Å². The van der Waals surface area contributed by atoms with E-state index in [9.17, 15) is 0 Å². The molecule has 0 amide bonds. The molecule has 148 valence electrons. The van der Waals surface area contributed by atoms with Crippen molar-refractivity contribution in [3.8, 4) is 0 Å². The van der Waals surface area contributed by atoms with E-state index in [1.54, 1.807) is 0 Å².